The molecule has 2 rings (SSSR count). The van der Waals surface area contributed by atoms with Gasteiger partial charge in [0.25, 0.3) is 0 Å². The Morgan fingerprint density at radius 1 is 1.04 bits per heavy atom. The predicted molar refractivity (Wildman–Crippen MR) is 102 cm³/mol. The molecule has 2 aromatic carbocycles. The highest BCUT2D eigenvalue weighted by Gasteiger charge is 2.00. The van der Waals surface area contributed by atoms with Crippen LogP contribution in [0, 0.1) is 11.8 Å². The summed E-state index contributed by atoms with van der Waals surface area (Å²) in [7, 11) is 0. The summed E-state index contributed by atoms with van der Waals surface area (Å²) >= 11 is 0. The van der Waals surface area contributed by atoms with Crippen molar-refractivity contribution < 1.29 is 14.3 Å². The van der Waals surface area contributed by atoms with E-state index in [2.05, 4.69) is 42.7 Å². The Morgan fingerprint density at radius 3 is 2.52 bits per heavy atom. The molecular formula is C22H24O3. The van der Waals surface area contributed by atoms with Crippen molar-refractivity contribution in [2.24, 2.45) is 0 Å². The van der Waals surface area contributed by atoms with E-state index in [1.54, 1.807) is 0 Å². The highest BCUT2D eigenvalue weighted by molar-refractivity contribution is 5.85. The van der Waals surface area contributed by atoms with Crippen LogP contribution in [-0.2, 0) is 9.53 Å². The van der Waals surface area contributed by atoms with Gasteiger partial charge in [-0.05, 0) is 67.6 Å². The molecule has 0 saturated carbocycles. The van der Waals surface area contributed by atoms with Crippen LogP contribution in [0.2, 0.25) is 0 Å². The molecule has 0 aliphatic carbocycles. The fraction of sp³-hybridized carbons (Fsp3) is 0.318. The summed E-state index contributed by atoms with van der Waals surface area (Å²) in [6.45, 7) is 6.36. The van der Waals surface area contributed by atoms with E-state index < -0.39 is 0 Å². The molecule has 0 amide bonds. The maximum atomic E-state index is 10.9. The van der Waals surface area contributed by atoms with E-state index in [1.165, 1.54) is 11.5 Å². The maximum absolute atomic E-state index is 10.9. The van der Waals surface area contributed by atoms with Crippen LogP contribution in [0.5, 0.6) is 5.75 Å². The molecule has 2 aromatic rings. The highest BCUT2D eigenvalue weighted by atomic mass is 16.5. The molecule has 0 N–H and O–H groups in total. The third-order valence-electron chi connectivity index (χ3n) is 3.80. The largest absolute Gasteiger partial charge is 0.494 e. The van der Waals surface area contributed by atoms with Crippen LogP contribution >= 0.6 is 0 Å². The van der Waals surface area contributed by atoms with Crippen LogP contribution < -0.4 is 4.74 Å². The number of carbonyl (C=O) groups is 1. The van der Waals surface area contributed by atoms with Crippen LogP contribution in [0.15, 0.2) is 49.1 Å². The van der Waals surface area contributed by atoms with Crippen LogP contribution in [-0.4, -0.2) is 19.2 Å². The summed E-state index contributed by atoms with van der Waals surface area (Å²) in [6.07, 6.45) is 5.12. The lowest BCUT2D eigenvalue weighted by atomic mass is 10.1. The molecule has 3 heteroatoms. The second-order valence-electron chi connectivity index (χ2n) is 5.73. The standard InChI is InChI=1S/C22H24O3/c1-3-9-18-10-11-20-17-21(13-12-19(20)16-18)24-14-7-5-6-8-15-25-22(23)4-2/h4,10-13,16-17H,2,5-8,14-15H2,1H3. The minimum Gasteiger partial charge on any atom is -0.494 e. The van der Waals surface area contributed by atoms with Crippen LogP contribution in [0.3, 0.4) is 0 Å². The number of hydrogen-bond donors (Lipinski definition) is 0. The van der Waals surface area contributed by atoms with E-state index in [0.717, 1.165) is 42.4 Å². The summed E-state index contributed by atoms with van der Waals surface area (Å²) < 4.78 is 10.8. The van der Waals surface area contributed by atoms with Crippen molar-refractivity contribution >= 4 is 16.7 Å². The Hall–Kier alpha value is -2.73. The van der Waals surface area contributed by atoms with Crippen molar-refractivity contribution in [2.75, 3.05) is 13.2 Å². The third kappa shape index (κ3) is 6.35. The van der Waals surface area contributed by atoms with Gasteiger partial charge in [-0.15, -0.1) is 5.92 Å². The van der Waals surface area contributed by atoms with Gasteiger partial charge in [0, 0.05) is 11.6 Å². The normalized spacial score (nSPS) is 9.96. The van der Waals surface area contributed by atoms with E-state index >= 15 is 0 Å². The Balaban J connectivity index is 1.70. The van der Waals surface area contributed by atoms with Crippen molar-refractivity contribution in [3.8, 4) is 17.6 Å². The number of carbonyl (C=O) groups excluding carboxylic acids is 1. The van der Waals surface area contributed by atoms with Gasteiger partial charge < -0.3 is 9.47 Å². The van der Waals surface area contributed by atoms with Gasteiger partial charge in [0.05, 0.1) is 13.2 Å². The molecule has 0 radical (unpaired) electrons. The van der Waals surface area contributed by atoms with Gasteiger partial charge in [0.1, 0.15) is 5.75 Å². The molecule has 0 fully saturated rings. The van der Waals surface area contributed by atoms with Crippen molar-refractivity contribution in [3.63, 3.8) is 0 Å². The van der Waals surface area contributed by atoms with Crippen molar-refractivity contribution in [1.82, 2.24) is 0 Å². The molecule has 3 nitrogen and oxygen atoms in total. The molecule has 0 unspecified atom stereocenters. The van der Waals surface area contributed by atoms with Gasteiger partial charge >= 0.3 is 5.97 Å². The quantitative estimate of drug-likeness (QED) is 0.283. The van der Waals surface area contributed by atoms with E-state index in [1.807, 2.05) is 19.1 Å². The first kappa shape index (κ1) is 18.6. The summed E-state index contributed by atoms with van der Waals surface area (Å²) in [5, 5.41) is 2.32. The molecule has 0 aliphatic rings. The van der Waals surface area contributed by atoms with Gasteiger partial charge in [0.2, 0.25) is 0 Å². The average molecular weight is 336 g/mol. The third-order valence-corrected chi connectivity index (χ3v) is 3.80. The molecule has 25 heavy (non-hydrogen) atoms. The van der Waals surface area contributed by atoms with E-state index in [9.17, 15) is 4.79 Å². The van der Waals surface area contributed by atoms with Crippen molar-refractivity contribution in [1.29, 1.82) is 0 Å². The minimum atomic E-state index is -0.353. The zero-order valence-corrected chi connectivity index (χ0v) is 14.7. The first-order valence-electron chi connectivity index (χ1n) is 8.61. The van der Waals surface area contributed by atoms with Gasteiger partial charge in [-0.3, -0.25) is 0 Å². The van der Waals surface area contributed by atoms with Crippen LogP contribution in [0.25, 0.3) is 10.8 Å². The number of fused-ring (bicyclic) bond motifs is 1. The fourth-order valence-corrected chi connectivity index (χ4v) is 2.52. The van der Waals surface area contributed by atoms with Gasteiger partial charge in [-0.1, -0.05) is 24.6 Å². The van der Waals surface area contributed by atoms with Gasteiger partial charge in [0.15, 0.2) is 0 Å². The summed E-state index contributed by atoms with van der Waals surface area (Å²) in [5.74, 6) is 6.53. The SMILES string of the molecule is C=CC(=O)OCCCCCCOc1ccc2cc(C#CC)ccc2c1. The summed E-state index contributed by atoms with van der Waals surface area (Å²) in [5.41, 5.74) is 1.03. The number of unbranched alkanes of at least 4 members (excludes halogenated alkanes) is 3. The lowest BCUT2D eigenvalue weighted by Gasteiger charge is -2.08. The molecular weight excluding hydrogens is 312 g/mol. The average Bonchev–Trinajstić information content (AvgIpc) is 2.63. The Labute approximate surface area is 149 Å². The number of hydrogen-bond acceptors (Lipinski definition) is 3. The monoisotopic (exact) mass is 336 g/mol. The Morgan fingerprint density at radius 2 is 1.76 bits per heavy atom. The summed E-state index contributed by atoms with van der Waals surface area (Å²) in [4.78, 5) is 10.9. The first-order valence-corrected chi connectivity index (χ1v) is 8.61. The highest BCUT2D eigenvalue weighted by Crippen LogP contribution is 2.22. The number of ether oxygens (including phenoxy) is 2. The molecule has 0 heterocycles. The molecule has 0 atom stereocenters. The molecule has 0 aromatic heterocycles. The van der Waals surface area contributed by atoms with Crippen molar-refractivity contribution in [3.05, 3.63) is 54.6 Å². The Bertz CT molecular complexity index is 781. The fourth-order valence-electron chi connectivity index (χ4n) is 2.52. The van der Waals surface area contributed by atoms with E-state index in [-0.39, 0.29) is 5.97 Å². The zero-order valence-electron chi connectivity index (χ0n) is 14.7. The van der Waals surface area contributed by atoms with Gasteiger partial charge in [-0.2, -0.15) is 0 Å². The first-order chi connectivity index (χ1) is 12.2. The molecule has 0 aliphatic heterocycles. The number of rotatable bonds is 9. The minimum absolute atomic E-state index is 0.353. The molecule has 0 saturated heterocycles. The zero-order chi connectivity index (χ0) is 17.9. The van der Waals surface area contributed by atoms with Crippen LogP contribution in [0.1, 0.15) is 38.2 Å². The molecule has 130 valence electrons. The number of benzene rings is 2. The van der Waals surface area contributed by atoms with Crippen LogP contribution in [0.4, 0.5) is 0 Å². The van der Waals surface area contributed by atoms with Crippen molar-refractivity contribution in [2.45, 2.75) is 32.6 Å². The van der Waals surface area contributed by atoms with E-state index in [0.29, 0.717) is 13.2 Å². The second kappa shape index (κ2) is 10.2. The smallest absolute Gasteiger partial charge is 0.330 e. The topological polar surface area (TPSA) is 35.5 Å². The van der Waals surface area contributed by atoms with E-state index in [4.69, 9.17) is 9.47 Å². The summed E-state index contributed by atoms with van der Waals surface area (Å²) in [6, 6.07) is 12.3. The Kier molecular flexibility index (Phi) is 7.59. The van der Waals surface area contributed by atoms with Gasteiger partial charge in [-0.25, -0.2) is 4.79 Å². The second-order valence-corrected chi connectivity index (χ2v) is 5.73. The lowest BCUT2D eigenvalue weighted by molar-refractivity contribution is -0.137. The maximum Gasteiger partial charge on any atom is 0.330 e. The predicted octanol–water partition coefficient (Wildman–Crippen LogP) is 4.88. The number of esters is 1. The molecule has 0 spiro atoms. The lowest BCUT2D eigenvalue weighted by Crippen LogP contribution is -2.02. The molecule has 0 bridgehead atoms.